The van der Waals surface area contributed by atoms with Gasteiger partial charge in [0, 0.05) is 17.8 Å². The Bertz CT molecular complexity index is 1320. The lowest BCUT2D eigenvalue weighted by atomic mass is 10.1. The second kappa shape index (κ2) is 10.2. The Morgan fingerprint density at radius 2 is 1.79 bits per heavy atom. The number of furan rings is 1. The van der Waals surface area contributed by atoms with Crippen LogP contribution in [-0.2, 0) is 16.4 Å². The molecule has 0 fully saturated rings. The molecule has 4 rings (SSSR count). The van der Waals surface area contributed by atoms with Crippen LogP contribution >= 0.6 is 11.8 Å². The highest BCUT2D eigenvalue weighted by molar-refractivity contribution is 7.99. The summed E-state index contributed by atoms with van der Waals surface area (Å²) in [6, 6.07) is 20.5. The number of benzene rings is 2. The number of Topliss-reactive ketones (excluding diaryl/α,β-unsaturated/α-hetero) is 1. The summed E-state index contributed by atoms with van der Waals surface area (Å²) in [6.07, 6.45) is 3.26. The molecule has 8 nitrogen and oxygen atoms in total. The van der Waals surface area contributed by atoms with E-state index in [0.29, 0.717) is 35.3 Å². The number of aromatic nitrogens is 3. The van der Waals surface area contributed by atoms with Gasteiger partial charge >= 0.3 is 0 Å². The van der Waals surface area contributed by atoms with Crippen LogP contribution in [0.15, 0.2) is 82.6 Å². The van der Waals surface area contributed by atoms with E-state index in [0.717, 1.165) is 17.5 Å². The van der Waals surface area contributed by atoms with Crippen LogP contribution in [0, 0.1) is 0 Å². The van der Waals surface area contributed by atoms with Gasteiger partial charge in [0.15, 0.2) is 16.7 Å². The average Bonchev–Trinajstić information content (AvgIpc) is 3.47. The van der Waals surface area contributed by atoms with Gasteiger partial charge in [0.25, 0.3) is 0 Å². The minimum absolute atomic E-state index is 0.0389. The predicted octanol–water partition coefficient (Wildman–Crippen LogP) is 3.59. The van der Waals surface area contributed by atoms with E-state index in [4.69, 9.17) is 4.42 Å². The van der Waals surface area contributed by atoms with Crippen molar-refractivity contribution in [2.24, 2.45) is 0 Å². The van der Waals surface area contributed by atoms with E-state index in [9.17, 15) is 13.2 Å². The van der Waals surface area contributed by atoms with Crippen LogP contribution in [0.3, 0.4) is 0 Å². The maximum absolute atomic E-state index is 12.8. The van der Waals surface area contributed by atoms with Crippen LogP contribution in [-0.4, -0.2) is 47.5 Å². The largest absolute Gasteiger partial charge is 0.461 e. The fourth-order valence-electron chi connectivity index (χ4n) is 3.19. The first-order valence-electron chi connectivity index (χ1n) is 10.1. The molecule has 0 aliphatic rings. The van der Waals surface area contributed by atoms with Crippen LogP contribution in [0.5, 0.6) is 0 Å². The molecule has 2 heterocycles. The molecule has 0 unspecified atom stereocenters. The van der Waals surface area contributed by atoms with Crippen LogP contribution < -0.4 is 4.72 Å². The minimum Gasteiger partial charge on any atom is -0.461 e. The highest BCUT2D eigenvalue weighted by atomic mass is 32.2. The molecule has 2 aromatic carbocycles. The van der Waals surface area contributed by atoms with Gasteiger partial charge in [-0.3, -0.25) is 9.36 Å². The molecule has 0 saturated carbocycles. The Morgan fingerprint density at radius 3 is 2.45 bits per heavy atom. The van der Waals surface area contributed by atoms with E-state index in [1.807, 2.05) is 53.1 Å². The van der Waals surface area contributed by atoms with Gasteiger partial charge in [-0.05, 0) is 36.2 Å². The van der Waals surface area contributed by atoms with Gasteiger partial charge in [0.2, 0.25) is 15.8 Å². The first-order chi connectivity index (χ1) is 15.9. The number of sulfonamides is 1. The highest BCUT2D eigenvalue weighted by Crippen LogP contribution is 2.28. The van der Waals surface area contributed by atoms with Crippen molar-refractivity contribution in [3.8, 4) is 17.3 Å². The topological polar surface area (TPSA) is 107 Å². The lowest BCUT2D eigenvalue weighted by Crippen LogP contribution is -2.24. The molecule has 0 bridgehead atoms. The summed E-state index contributed by atoms with van der Waals surface area (Å²) in [5, 5.41) is 9.16. The van der Waals surface area contributed by atoms with E-state index >= 15 is 0 Å². The quantitative estimate of drug-likeness (QED) is 0.272. The lowest BCUT2D eigenvalue weighted by molar-refractivity contribution is 0.102. The number of carbonyl (C=O) groups is 1. The first kappa shape index (κ1) is 23.0. The van der Waals surface area contributed by atoms with Gasteiger partial charge in [0.05, 0.1) is 18.3 Å². The zero-order valence-electron chi connectivity index (χ0n) is 17.8. The van der Waals surface area contributed by atoms with E-state index in [2.05, 4.69) is 14.9 Å². The molecule has 10 heteroatoms. The number of rotatable bonds is 10. The maximum atomic E-state index is 12.8. The molecule has 2 aromatic heterocycles. The minimum atomic E-state index is -3.21. The number of nitrogens with one attached hydrogen (secondary N) is 1. The number of hydrogen-bond acceptors (Lipinski definition) is 7. The summed E-state index contributed by atoms with van der Waals surface area (Å²) in [5.74, 6) is 1.31. The summed E-state index contributed by atoms with van der Waals surface area (Å²) in [6.45, 7) is 0.315. The monoisotopic (exact) mass is 482 g/mol. The van der Waals surface area contributed by atoms with Crippen molar-refractivity contribution in [3.05, 3.63) is 84.1 Å². The third-order valence-electron chi connectivity index (χ3n) is 4.78. The van der Waals surface area contributed by atoms with Crippen molar-refractivity contribution < 1.29 is 17.6 Å². The van der Waals surface area contributed by atoms with E-state index < -0.39 is 10.0 Å². The predicted molar refractivity (Wildman–Crippen MR) is 127 cm³/mol. The number of carbonyl (C=O) groups excluding carboxylic acids is 1. The molecule has 0 atom stereocenters. The number of ketones is 1. The Labute approximate surface area is 196 Å². The second-order valence-corrected chi connectivity index (χ2v) is 10.1. The van der Waals surface area contributed by atoms with Gasteiger partial charge < -0.3 is 4.42 Å². The van der Waals surface area contributed by atoms with Crippen LogP contribution in [0.4, 0.5) is 0 Å². The fraction of sp³-hybridized carbons (Fsp3) is 0.174. The molecule has 1 N–H and O–H groups in total. The first-order valence-corrected chi connectivity index (χ1v) is 13.0. The average molecular weight is 483 g/mol. The summed E-state index contributed by atoms with van der Waals surface area (Å²) in [5.41, 5.74) is 2.40. The third kappa shape index (κ3) is 5.98. The molecule has 0 aliphatic heterocycles. The Balaban J connectivity index is 1.45. The van der Waals surface area contributed by atoms with Gasteiger partial charge in [-0.25, -0.2) is 13.1 Å². The standard InChI is InChI=1S/C23H22N4O4S2/c1-33(29,30)24-14-13-17-9-11-18(12-10-17)20(28)16-32-23-26-25-22(21-8-5-15-31-21)27(23)19-6-3-2-4-7-19/h2-12,15,24H,13-14,16H2,1H3. The molecule has 0 spiro atoms. The molecule has 33 heavy (non-hydrogen) atoms. The Hall–Kier alpha value is -3.21. The normalized spacial score (nSPS) is 11.5. The number of thioether (sulfide) groups is 1. The molecular formula is C23H22N4O4S2. The maximum Gasteiger partial charge on any atom is 0.208 e. The van der Waals surface area contributed by atoms with Crippen molar-refractivity contribution in [2.45, 2.75) is 11.6 Å². The van der Waals surface area contributed by atoms with E-state index in [1.54, 1.807) is 24.5 Å². The SMILES string of the molecule is CS(=O)(=O)NCCc1ccc(C(=O)CSc2nnc(-c3ccco3)n2-c2ccccc2)cc1. The molecule has 170 valence electrons. The van der Waals surface area contributed by atoms with Gasteiger partial charge in [0.1, 0.15) is 0 Å². The van der Waals surface area contributed by atoms with Gasteiger partial charge in [-0.1, -0.05) is 54.2 Å². The number of hydrogen-bond donors (Lipinski definition) is 1. The summed E-state index contributed by atoms with van der Waals surface area (Å²) < 4.78 is 32.2. The van der Waals surface area contributed by atoms with Crippen molar-refractivity contribution in [1.82, 2.24) is 19.5 Å². The van der Waals surface area contributed by atoms with Crippen LogP contribution in [0.25, 0.3) is 17.3 Å². The zero-order valence-corrected chi connectivity index (χ0v) is 19.5. The molecule has 0 radical (unpaired) electrons. The molecule has 0 aliphatic carbocycles. The van der Waals surface area contributed by atoms with E-state index in [1.165, 1.54) is 11.8 Å². The van der Waals surface area contributed by atoms with Gasteiger partial charge in [-0.2, -0.15) is 0 Å². The van der Waals surface area contributed by atoms with Crippen molar-refractivity contribution in [1.29, 1.82) is 0 Å². The van der Waals surface area contributed by atoms with E-state index in [-0.39, 0.29) is 11.5 Å². The Kier molecular flexibility index (Phi) is 7.07. The Morgan fingerprint density at radius 1 is 1.03 bits per heavy atom. The van der Waals surface area contributed by atoms with Crippen LogP contribution in [0.2, 0.25) is 0 Å². The third-order valence-corrected chi connectivity index (χ3v) is 6.43. The van der Waals surface area contributed by atoms with Crippen molar-refractivity contribution in [2.75, 3.05) is 18.6 Å². The zero-order chi connectivity index (χ0) is 23.3. The molecule has 0 amide bonds. The molecule has 0 saturated heterocycles. The number of nitrogens with zero attached hydrogens (tertiary/aromatic N) is 3. The summed E-state index contributed by atoms with van der Waals surface area (Å²) in [7, 11) is -3.21. The molecule has 4 aromatic rings. The highest BCUT2D eigenvalue weighted by Gasteiger charge is 2.19. The van der Waals surface area contributed by atoms with Crippen LogP contribution in [0.1, 0.15) is 15.9 Å². The number of para-hydroxylation sites is 1. The summed E-state index contributed by atoms with van der Waals surface area (Å²) >= 11 is 1.31. The van der Waals surface area contributed by atoms with Crippen molar-refractivity contribution >= 4 is 27.6 Å². The lowest BCUT2D eigenvalue weighted by Gasteiger charge is -2.09. The smallest absolute Gasteiger partial charge is 0.208 e. The van der Waals surface area contributed by atoms with Gasteiger partial charge in [-0.15, -0.1) is 10.2 Å². The van der Waals surface area contributed by atoms with Crippen molar-refractivity contribution in [3.63, 3.8) is 0 Å². The fourth-order valence-corrected chi connectivity index (χ4v) is 4.51. The second-order valence-electron chi connectivity index (χ2n) is 7.28. The molecular weight excluding hydrogens is 460 g/mol. The summed E-state index contributed by atoms with van der Waals surface area (Å²) in [4.78, 5) is 12.8.